The van der Waals surface area contributed by atoms with Gasteiger partial charge in [-0.2, -0.15) is 0 Å². The second-order valence-electron chi connectivity index (χ2n) is 2.04. The van der Waals surface area contributed by atoms with Gasteiger partial charge in [0.05, 0.1) is 6.67 Å². The molecular formula is C6H8FNO4. The van der Waals surface area contributed by atoms with E-state index in [2.05, 4.69) is 5.16 Å². The third kappa shape index (κ3) is 2.65. The van der Waals surface area contributed by atoms with Crippen molar-refractivity contribution in [3.8, 4) is 0 Å². The third-order valence-electron chi connectivity index (χ3n) is 1.28. The van der Waals surface area contributed by atoms with Crippen molar-refractivity contribution in [1.82, 2.24) is 0 Å². The summed E-state index contributed by atoms with van der Waals surface area (Å²) in [6.45, 7) is -1.04. The standard InChI is InChI=1S/C6H8FNO4/c7-3-4(1-2-9)5(8-12)6(10)11/h2,4,12H,1,3H2,(H,10,11). The Labute approximate surface area is 67.5 Å². The molecular weight excluding hydrogens is 169 g/mol. The van der Waals surface area contributed by atoms with Gasteiger partial charge in [-0.1, -0.05) is 5.16 Å². The first-order chi connectivity index (χ1) is 5.67. The number of carbonyl (C=O) groups is 2. The van der Waals surface area contributed by atoms with Crippen LogP contribution in [0.15, 0.2) is 5.16 Å². The molecule has 0 aromatic heterocycles. The first-order valence-corrected chi connectivity index (χ1v) is 3.12. The lowest BCUT2D eigenvalue weighted by molar-refractivity contribution is -0.129. The van der Waals surface area contributed by atoms with Crippen LogP contribution in [0.5, 0.6) is 0 Å². The minimum absolute atomic E-state index is 0.303. The topological polar surface area (TPSA) is 87.0 Å². The van der Waals surface area contributed by atoms with Crippen molar-refractivity contribution in [2.24, 2.45) is 11.1 Å². The monoisotopic (exact) mass is 177 g/mol. The van der Waals surface area contributed by atoms with Gasteiger partial charge >= 0.3 is 5.97 Å². The number of alkyl halides is 1. The van der Waals surface area contributed by atoms with Gasteiger partial charge in [0, 0.05) is 12.3 Å². The second-order valence-corrected chi connectivity index (χ2v) is 2.04. The quantitative estimate of drug-likeness (QED) is 0.269. The summed E-state index contributed by atoms with van der Waals surface area (Å²) in [5, 5.41) is 18.9. The Bertz CT molecular complexity index is 204. The highest BCUT2D eigenvalue weighted by Crippen LogP contribution is 2.05. The Hall–Kier alpha value is -1.46. The lowest BCUT2D eigenvalue weighted by Gasteiger charge is -2.06. The van der Waals surface area contributed by atoms with Gasteiger partial charge in [-0.05, 0) is 0 Å². The highest BCUT2D eigenvalue weighted by molar-refractivity contribution is 6.36. The number of aliphatic carboxylic acids is 1. The van der Waals surface area contributed by atoms with Crippen LogP contribution in [-0.4, -0.2) is 35.0 Å². The lowest BCUT2D eigenvalue weighted by Crippen LogP contribution is -2.25. The van der Waals surface area contributed by atoms with Gasteiger partial charge in [0.25, 0.3) is 0 Å². The van der Waals surface area contributed by atoms with Crippen LogP contribution in [0.3, 0.4) is 0 Å². The van der Waals surface area contributed by atoms with E-state index >= 15 is 0 Å². The number of oxime groups is 1. The Morgan fingerprint density at radius 2 is 2.25 bits per heavy atom. The summed E-state index contributed by atoms with van der Waals surface area (Å²) in [6, 6.07) is 0. The van der Waals surface area contributed by atoms with E-state index in [0.29, 0.717) is 6.29 Å². The average Bonchev–Trinajstić information content (AvgIpc) is 2.03. The fourth-order valence-electron chi connectivity index (χ4n) is 0.663. The molecule has 0 radical (unpaired) electrons. The highest BCUT2D eigenvalue weighted by Gasteiger charge is 2.22. The number of nitrogens with zero attached hydrogens (tertiary/aromatic N) is 1. The minimum atomic E-state index is -1.53. The number of rotatable bonds is 5. The Morgan fingerprint density at radius 3 is 2.50 bits per heavy atom. The maximum Gasteiger partial charge on any atom is 0.354 e. The van der Waals surface area contributed by atoms with Crippen LogP contribution in [0.1, 0.15) is 6.42 Å². The van der Waals surface area contributed by atoms with Gasteiger partial charge in [0.1, 0.15) is 6.29 Å². The molecule has 0 aliphatic rings. The van der Waals surface area contributed by atoms with Crippen LogP contribution in [-0.2, 0) is 9.59 Å². The van der Waals surface area contributed by atoms with Gasteiger partial charge in [0.2, 0.25) is 0 Å². The Balaban J connectivity index is 4.45. The maximum atomic E-state index is 12.0. The molecule has 0 heterocycles. The van der Waals surface area contributed by atoms with Crippen molar-refractivity contribution in [3.63, 3.8) is 0 Å². The van der Waals surface area contributed by atoms with E-state index in [1.165, 1.54) is 0 Å². The molecule has 2 N–H and O–H groups in total. The molecule has 5 nitrogen and oxygen atoms in total. The molecule has 0 saturated heterocycles. The van der Waals surface area contributed by atoms with E-state index in [9.17, 15) is 14.0 Å². The number of carboxylic acids is 1. The first-order valence-electron chi connectivity index (χ1n) is 3.12. The summed E-state index contributed by atoms with van der Waals surface area (Å²) < 4.78 is 12.0. The molecule has 0 saturated carbocycles. The average molecular weight is 177 g/mol. The van der Waals surface area contributed by atoms with Gasteiger partial charge < -0.3 is 15.1 Å². The number of carboxylic acid groups (broad SMARTS) is 1. The first kappa shape index (κ1) is 10.5. The van der Waals surface area contributed by atoms with E-state index in [1.54, 1.807) is 0 Å². The summed E-state index contributed by atoms with van der Waals surface area (Å²) in [4.78, 5) is 20.2. The molecule has 0 bridgehead atoms. The molecule has 0 aliphatic carbocycles. The van der Waals surface area contributed by atoms with Crippen molar-refractivity contribution in [3.05, 3.63) is 0 Å². The van der Waals surface area contributed by atoms with Crippen molar-refractivity contribution < 1.29 is 24.3 Å². The highest BCUT2D eigenvalue weighted by atomic mass is 19.1. The van der Waals surface area contributed by atoms with E-state index in [0.717, 1.165) is 0 Å². The van der Waals surface area contributed by atoms with Gasteiger partial charge in [0.15, 0.2) is 5.71 Å². The Morgan fingerprint density at radius 1 is 1.67 bits per heavy atom. The zero-order chi connectivity index (χ0) is 9.56. The molecule has 1 unspecified atom stereocenters. The van der Waals surface area contributed by atoms with Crippen LogP contribution in [0, 0.1) is 5.92 Å². The molecule has 0 fully saturated rings. The zero-order valence-electron chi connectivity index (χ0n) is 6.11. The van der Waals surface area contributed by atoms with Crippen LogP contribution < -0.4 is 0 Å². The van der Waals surface area contributed by atoms with Gasteiger partial charge in [-0.25, -0.2) is 4.79 Å². The maximum absolute atomic E-state index is 12.0. The predicted molar refractivity (Wildman–Crippen MR) is 37.0 cm³/mol. The van der Waals surface area contributed by atoms with Crippen molar-refractivity contribution in [2.75, 3.05) is 6.67 Å². The molecule has 0 aliphatic heterocycles. The number of halogens is 1. The largest absolute Gasteiger partial charge is 0.477 e. The van der Waals surface area contributed by atoms with E-state index in [-0.39, 0.29) is 6.42 Å². The molecule has 6 heteroatoms. The Kier molecular flexibility index (Phi) is 4.59. The third-order valence-corrected chi connectivity index (χ3v) is 1.28. The molecule has 0 rings (SSSR count). The van der Waals surface area contributed by atoms with Crippen LogP contribution in [0.2, 0.25) is 0 Å². The van der Waals surface area contributed by atoms with Crippen LogP contribution in [0.25, 0.3) is 0 Å². The second kappa shape index (κ2) is 5.22. The van der Waals surface area contributed by atoms with Crippen LogP contribution in [0.4, 0.5) is 4.39 Å². The summed E-state index contributed by atoms with van der Waals surface area (Å²) in [5.74, 6) is -2.69. The fourth-order valence-corrected chi connectivity index (χ4v) is 0.663. The molecule has 12 heavy (non-hydrogen) atoms. The normalized spacial score (nSPS) is 13.9. The summed E-state index contributed by atoms with van der Waals surface area (Å²) >= 11 is 0. The number of aldehydes is 1. The molecule has 1 atom stereocenters. The number of hydrogen-bond acceptors (Lipinski definition) is 4. The van der Waals surface area contributed by atoms with E-state index in [1.807, 2.05) is 0 Å². The zero-order valence-corrected chi connectivity index (χ0v) is 6.11. The van der Waals surface area contributed by atoms with E-state index < -0.39 is 24.3 Å². The van der Waals surface area contributed by atoms with Crippen molar-refractivity contribution in [1.29, 1.82) is 0 Å². The van der Waals surface area contributed by atoms with Gasteiger partial charge in [-0.3, -0.25) is 4.39 Å². The molecule has 0 spiro atoms. The summed E-state index contributed by atoms with van der Waals surface area (Å²) in [6.07, 6.45) is 0.0700. The molecule has 0 aromatic carbocycles. The van der Waals surface area contributed by atoms with Crippen LogP contribution >= 0.6 is 0 Å². The van der Waals surface area contributed by atoms with E-state index in [4.69, 9.17) is 10.3 Å². The minimum Gasteiger partial charge on any atom is -0.477 e. The number of hydrogen-bond donors (Lipinski definition) is 2. The lowest BCUT2D eigenvalue weighted by atomic mass is 10.0. The SMILES string of the molecule is O=CCC(CF)C(=NO)C(=O)O. The molecule has 0 aromatic rings. The molecule has 0 amide bonds. The summed E-state index contributed by atoms with van der Waals surface area (Å²) in [7, 11) is 0. The van der Waals surface area contributed by atoms with Crippen molar-refractivity contribution >= 4 is 18.0 Å². The van der Waals surface area contributed by atoms with Crippen molar-refractivity contribution in [2.45, 2.75) is 6.42 Å². The number of carbonyl (C=O) groups excluding carboxylic acids is 1. The molecule has 68 valence electrons. The predicted octanol–water partition coefficient (Wildman–Crippen LogP) is 0.0759. The van der Waals surface area contributed by atoms with Gasteiger partial charge in [-0.15, -0.1) is 0 Å². The summed E-state index contributed by atoms with van der Waals surface area (Å²) in [5.41, 5.74) is -0.732. The fraction of sp³-hybridized carbons (Fsp3) is 0.500. The smallest absolute Gasteiger partial charge is 0.354 e.